The Morgan fingerprint density at radius 1 is 1.20 bits per heavy atom. The lowest BCUT2D eigenvalue weighted by Gasteiger charge is -2.07. The van der Waals surface area contributed by atoms with Gasteiger partial charge >= 0.3 is 0 Å². The van der Waals surface area contributed by atoms with Crippen LogP contribution in [0.5, 0.6) is 0 Å². The number of nitrogens with zero attached hydrogens (tertiary/aromatic N) is 1. The summed E-state index contributed by atoms with van der Waals surface area (Å²) in [6, 6.07) is 5.84. The fraction of sp³-hybridized carbons (Fsp3) is 0.545. The molecule has 0 aliphatic carbocycles. The molecule has 0 fully saturated rings. The molecule has 0 radical (unpaired) electrons. The van der Waals surface area contributed by atoms with Gasteiger partial charge in [0.05, 0.1) is 0 Å². The van der Waals surface area contributed by atoms with Gasteiger partial charge in [0, 0.05) is 19.7 Å². The van der Waals surface area contributed by atoms with E-state index in [-0.39, 0.29) is 6.61 Å². The number of nitrogens with one attached hydrogen (secondary N) is 2. The second-order valence-electron chi connectivity index (χ2n) is 3.34. The maximum absolute atomic E-state index is 8.64. The summed E-state index contributed by atoms with van der Waals surface area (Å²) >= 11 is 0. The van der Waals surface area contributed by atoms with Gasteiger partial charge in [-0.15, -0.1) is 0 Å². The molecule has 0 unspecified atom stereocenters. The normalized spacial score (nSPS) is 10.0. The van der Waals surface area contributed by atoms with Crippen molar-refractivity contribution in [1.29, 1.82) is 0 Å². The van der Waals surface area contributed by atoms with Crippen LogP contribution in [0.2, 0.25) is 0 Å². The molecule has 0 atom stereocenters. The predicted molar refractivity (Wildman–Crippen MR) is 63.2 cm³/mol. The molecule has 1 heterocycles. The van der Waals surface area contributed by atoms with E-state index in [1.165, 1.54) is 0 Å². The minimum absolute atomic E-state index is 0.209. The first-order valence-corrected chi connectivity index (χ1v) is 5.42. The third-order valence-corrected chi connectivity index (χ3v) is 1.95. The van der Waals surface area contributed by atoms with E-state index in [1.54, 1.807) is 0 Å². The smallest absolute Gasteiger partial charge is 0.128 e. The lowest BCUT2D eigenvalue weighted by atomic mass is 10.4. The quantitative estimate of drug-likeness (QED) is 0.598. The van der Waals surface area contributed by atoms with Crippen LogP contribution in [0.25, 0.3) is 0 Å². The third kappa shape index (κ3) is 4.65. The molecule has 0 spiro atoms. The van der Waals surface area contributed by atoms with Gasteiger partial charge in [-0.2, -0.15) is 0 Å². The molecule has 0 saturated carbocycles. The van der Waals surface area contributed by atoms with Crippen molar-refractivity contribution in [3.8, 4) is 0 Å². The van der Waals surface area contributed by atoms with Crippen molar-refractivity contribution < 1.29 is 5.11 Å². The van der Waals surface area contributed by atoms with Crippen molar-refractivity contribution in [3.63, 3.8) is 0 Å². The molecular formula is C11H19N3O. The Labute approximate surface area is 90.7 Å². The van der Waals surface area contributed by atoms with Gasteiger partial charge in [0.1, 0.15) is 11.6 Å². The van der Waals surface area contributed by atoms with Crippen LogP contribution in [0.3, 0.4) is 0 Å². The van der Waals surface area contributed by atoms with E-state index in [2.05, 4.69) is 22.5 Å². The highest BCUT2D eigenvalue weighted by Gasteiger charge is 1.95. The second kappa shape index (κ2) is 7.06. The fourth-order valence-corrected chi connectivity index (χ4v) is 1.18. The van der Waals surface area contributed by atoms with Gasteiger partial charge in [-0.05, 0) is 25.0 Å². The summed E-state index contributed by atoms with van der Waals surface area (Å²) < 4.78 is 0. The highest BCUT2D eigenvalue weighted by Crippen LogP contribution is 2.08. The summed E-state index contributed by atoms with van der Waals surface area (Å²) in [6.07, 6.45) is 1.83. The zero-order valence-electron chi connectivity index (χ0n) is 9.16. The number of aromatic nitrogens is 1. The van der Waals surface area contributed by atoms with Gasteiger partial charge in [0.15, 0.2) is 0 Å². The number of rotatable bonds is 7. The van der Waals surface area contributed by atoms with Crippen LogP contribution in [-0.2, 0) is 0 Å². The minimum Gasteiger partial charge on any atom is -0.396 e. The number of aliphatic hydroxyl groups is 1. The lowest BCUT2D eigenvalue weighted by molar-refractivity contribution is 0.292. The van der Waals surface area contributed by atoms with Gasteiger partial charge in [-0.25, -0.2) is 4.98 Å². The van der Waals surface area contributed by atoms with Crippen LogP contribution in [0.15, 0.2) is 18.2 Å². The molecule has 0 bridgehead atoms. The van der Waals surface area contributed by atoms with Gasteiger partial charge in [0.25, 0.3) is 0 Å². The molecule has 0 amide bonds. The van der Waals surface area contributed by atoms with Crippen LogP contribution >= 0.6 is 0 Å². The van der Waals surface area contributed by atoms with Crippen LogP contribution in [0.1, 0.15) is 19.8 Å². The van der Waals surface area contributed by atoms with Gasteiger partial charge in [-0.1, -0.05) is 13.0 Å². The molecule has 1 rings (SSSR count). The van der Waals surface area contributed by atoms with Crippen LogP contribution in [0, 0.1) is 0 Å². The minimum atomic E-state index is 0.209. The second-order valence-corrected chi connectivity index (χ2v) is 3.34. The summed E-state index contributed by atoms with van der Waals surface area (Å²) in [6.45, 7) is 4.02. The van der Waals surface area contributed by atoms with Gasteiger partial charge < -0.3 is 15.7 Å². The summed E-state index contributed by atoms with van der Waals surface area (Å²) in [4.78, 5) is 4.38. The van der Waals surface area contributed by atoms with Crippen LogP contribution < -0.4 is 10.6 Å². The topological polar surface area (TPSA) is 57.2 Å². The Balaban J connectivity index is 2.42. The Morgan fingerprint density at radius 2 is 1.87 bits per heavy atom. The zero-order valence-corrected chi connectivity index (χ0v) is 9.16. The molecule has 0 aliphatic rings. The molecule has 0 saturated heterocycles. The van der Waals surface area contributed by atoms with E-state index < -0.39 is 0 Å². The largest absolute Gasteiger partial charge is 0.396 e. The summed E-state index contributed by atoms with van der Waals surface area (Å²) in [7, 11) is 0. The van der Waals surface area contributed by atoms with E-state index in [1.807, 2.05) is 18.2 Å². The van der Waals surface area contributed by atoms with E-state index >= 15 is 0 Å². The average Bonchev–Trinajstić information content (AvgIpc) is 2.27. The van der Waals surface area contributed by atoms with E-state index in [0.717, 1.165) is 37.6 Å². The maximum Gasteiger partial charge on any atom is 0.128 e. The van der Waals surface area contributed by atoms with E-state index in [0.29, 0.717) is 0 Å². The Hall–Kier alpha value is -1.29. The van der Waals surface area contributed by atoms with Crippen molar-refractivity contribution in [2.24, 2.45) is 0 Å². The molecule has 0 aromatic carbocycles. The standard InChI is InChI=1S/C11H19N3O/c1-2-7-12-10-5-3-6-11(14-10)13-8-4-9-15/h3,5-6,15H,2,4,7-9H2,1H3,(H2,12,13,14). The van der Waals surface area contributed by atoms with Crippen molar-refractivity contribution in [2.75, 3.05) is 30.3 Å². The summed E-state index contributed by atoms with van der Waals surface area (Å²) in [5, 5.41) is 15.0. The number of anilines is 2. The third-order valence-electron chi connectivity index (χ3n) is 1.95. The van der Waals surface area contributed by atoms with E-state index in [4.69, 9.17) is 5.11 Å². The summed E-state index contributed by atoms with van der Waals surface area (Å²) in [5.41, 5.74) is 0. The SMILES string of the molecule is CCCNc1cccc(NCCCO)n1. The molecule has 1 aromatic heterocycles. The Morgan fingerprint density at radius 3 is 2.47 bits per heavy atom. The average molecular weight is 209 g/mol. The fourth-order valence-electron chi connectivity index (χ4n) is 1.18. The van der Waals surface area contributed by atoms with Gasteiger partial charge in [0.2, 0.25) is 0 Å². The molecule has 0 aliphatic heterocycles. The van der Waals surface area contributed by atoms with E-state index in [9.17, 15) is 0 Å². The molecule has 3 N–H and O–H groups in total. The predicted octanol–water partition coefficient (Wildman–Crippen LogP) is 1.70. The van der Waals surface area contributed by atoms with Crippen molar-refractivity contribution in [3.05, 3.63) is 18.2 Å². The first-order chi connectivity index (χ1) is 7.36. The van der Waals surface area contributed by atoms with Gasteiger partial charge in [-0.3, -0.25) is 0 Å². The first-order valence-electron chi connectivity index (χ1n) is 5.42. The molecule has 1 aromatic rings. The zero-order chi connectivity index (χ0) is 10.9. The molecule has 4 heteroatoms. The van der Waals surface area contributed by atoms with Crippen molar-refractivity contribution in [1.82, 2.24) is 4.98 Å². The van der Waals surface area contributed by atoms with Crippen LogP contribution in [0.4, 0.5) is 11.6 Å². The molecular weight excluding hydrogens is 190 g/mol. The van der Waals surface area contributed by atoms with Crippen molar-refractivity contribution in [2.45, 2.75) is 19.8 Å². The highest BCUT2D eigenvalue weighted by atomic mass is 16.3. The number of hydrogen-bond donors (Lipinski definition) is 3. The van der Waals surface area contributed by atoms with Crippen LogP contribution in [-0.4, -0.2) is 29.8 Å². The molecule has 4 nitrogen and oxygen atoms in total. The Bertz CT molecular complexity index is 278. The maximum atomic E-state index is 8.64. The number of aliphatic hydroxyl groups excluding tert-OH is 1. The monoisotopic (exact) mass is 209 g/mol. The molecule has 15 heavy (non-hydrogen) atoms. The number of hydrogen-bond acceptors (Lipinski definition) is 4. The first kappa shape index (κ1) is 11.8. The molecule has 84 valence electrons. The number of pyridine rings is 1. The van der Waals surface area contributed by atoms with Crippen molar-refractivity contribution >= 4 is 11.6 Å². The Kier molecular flexibility index (Phi) is 5.55. The highest BCUT2D eigenvalue weighted by molar-refractivity contribution is 5.44. The summed E-state index contributed by atoms with van der Waals surface area (Å²) in [5.74, 6) is 1.75. The lowest BCUT2D eigenvalue weighted by Crippen LogP contribution is -2.07.